The lowest BCUT2D eigenvalue weighted by molar-refractivity contribution is -0.149. The number of nitrogens with one attached hydrogen (secondary N) is 1. The molecule has 3 atom stereocenters. The van der Waals surface area contributed by atoms with E-state index in [0.717, 1.165) is 19.3 Å². The smallest absolute Gasteiger partial charge is 0.307 e. The van der Waals surface area contributed by atoms with Crippen LogP contribution in [0.1, 0.15) is 39.0 Å². The van der Waals surface area contributed by atoms with Gasteiger partial charge >= 0.3 is 5.97 Å². The first-order chi connectivity index (χ1) is 9.92. The third-order valence-electron chi connectivity index (χ3n) is 4.57. The summed E-state index contributed by atoms with van der Waals surface area (Å²) in [5.74, 6) is -2.11. The summed E-state index contributed by atoms with van der Waals surface area (Å²) < 4.78 is 0. The van der Waals surface area contributed by atoms with Gasteiger partial charge in [0.05, 0.1) is 18.4 Å². The number of hydrogen-bond acceptors (Lipinski definition) is 3. The zero-order valence-electron chi connectivity index (χ0n) is 12.7. The summed E-state index contributed by atoms with van der Waals surface area (Å²) in [6.45, 7) is 2.03. The summed E-state index contributed by atoms with van der Waals surface area (Å²) >= 11 is 0. The van der Waals surface area contributed by atoms with Gasteiger partial charge in [-0.2, -0.15) is 0 Å². The highest BCUT2D eigenvalue weighted by Crippen LogP contribution is 2.39. The molecule has 0 saturated heterocycles. The largest absolute Gasteiger partial charge is 0.481 e. The van der Waals surface area contributed by atoms with E-state index in [-0.39, 0.29) is 30.3 Å². The molecule has 1 unspecified atom stereocenters. The summed E-state index contributed by atoms with van der Waals surface area (Å²) in [6, 6.07) is 0.267. The maximum absolute atomic E-state index is 12.4. The molecule has 21 heavy (non-hydrogen) atoms. The van der Waals surface area contributed by atoms with E-state index in [4.69, 9.17) is 0 Å². The Labute approximate surface area is 124 Å². The van der Waals surface area contributed by atoms with Gasteiger partial charge < -0.3 is 15.3 Å². The van der Waals surface area contributed by atoms with Gasteiger partial charge in [0.25, 0.3) is 0 Å². The molecular weight excluding hydrogens is 272 g/mol. The molecule has 0 aliphatic heterocycles. The molecule has 0 aromatic carbocycles. The third kappa shape index (κ3) is 3.95. The third-order valence-corrected chi connectivity index (χ3v) is 4.57. The van der Waals surface area contributed by atoms with Crippen LogP contribution >= 0.6 is 0 Å². The van der Waals surface area contributed by atoms with E-state index >= 15 is 0 Å². The molecule has 6 nitrogen and oxygen atoms in total. The van der Waals surface area contributed by atoms with Crippen molar-refractivity contribution in [2.45, 2.75) is 45.1 Å². The molecule has 2 amide bonds. The number of likely N-dealkylation sites (N-methyl/N-ethyl adjacent to an activating group) is 1. The number of aliphatic carboxylic acids is 1. The Morgan fingerprint density at radius 2 is 1.81 bits per heavy atom. The molecule has 2 aliphatic carbocycles. The molecule has 6 heteroatoms. The predicted octanol–water partition coefficient (Wildman–Crippen LogP) is 0.860. The van der Waals surface area contributed by atoms with Crippen molar-refractivity contribution < 1.29 is 19.5 Å². The number of carbonyl (C=O) groups is 3. The lowest BCUT2D eigenvalue weighted by Gasteiger charge is -2.23. The minimum absolute atomic E-state index is 0.00889. The van der Waals surface area contributed by atoms with Crippen LogP contribution in [0.3, 0.4) is 0 Å². The fourth-order valence-electron chi connectivity index (χ4n) is 3.10. The van der Waals surface area contributed by atoms with Crippen molar-refractivity contribution in [2.24, 2.45) is 17.8 Å². The van der Waals surface area contributed by atoms with Gasteiger partial charge in [0.2, 0.25) is 11.8 Å². The van der Waals surface area contributed by atoms with Gasteiger partial charge in [-0.15, -0.1) is 0 Å². The van der Waals surface area contributed by atoms with Gasteiger partial charge in [-0.3, -0.25) is 14.4 Å². The first-order valence-corrected chi connectivity index (χ1v) is 7.69. The van der Waals surface area contributed by atoms with E-state index in [2.05, 4.69) is 5.32 Å². The van der Waals surface area contributed by atoms with E-state index in [1.165, 1.54) is 4.90 Å². The summed E-state index contributed by atoms with van der Waals surface area (Å²) in [5, 5.41) is 12.1. The fourth-order valence-corrected chi connectivity index (χ4v) is 3.10. The number of rotatable bonds is 6. The number of nitrogens with zero attached hydrogens (tertiary/aromatic N) is 1. The minimum atomic E-state index is -0.903. The topological polar surface area (TPSA) is 86.7 Å². The number of carbonyl (C=O) groups excluding carboxylic acids is 2. The first-order valence-electron chi connectivity index (χ1n) is 7.69. The molecule has 118 valence electrons. The Bertz CT molecular complexity index is 433. The number of carboxylic acids is 1. The molecular formula is C15H24N2O4. The van der Waals surface area contributed by atoms with Gasteiger partial charge in [-0.1, -0.05) is 13.3 Å². The lowest BCUT2D eigenvalue weighted by atomic mass is 9.95. The Balaban J connectivity index is 1.92. The number of amides is 2. The van der Waals surface area contributed by atoms with Crippen LogP contribution in [0.5, 0.6) is 0 Å². The van der Waals surface area contributed by atoms with Gasteiger partial charge in [0.1, 0.15) is 0 Å². The van der Waals surface area contributed by atoms with Crippen LogP contribution in [0.25, 0.3) is 0 Å². The molecule has 0 spiro atoms. The first kappa shape index (κ1) is 15.8. The number of hydrogen-bond donors (Lipinski definition) is 2. The van der Waals surface area contributed by atoms with Crippen molar-refractivity contribution in [3.05, 3.63) is 0 Å². The minimum Gasteiger partial charge on any atom is -0.481 e. The Morgan fingerprint density at radius 1 is 1.19 bits per heavy atom. The van der Waals surface area contributed by atoms with Crippen LogP contribution in [-0.4, -0.2) is 47.4 Å². The molecule has 2 fully saturated rings. The Kier molecular flexibility index (Phi) is 4.85. The van der Waals surface area contributed by atoms with E-state index in [1.807, 2.05) is 6.92 Å². The van der Waals surface area contributed by atoms with E-state index < -0.39 is 17.8 Å². The molecule has 2 aliphatic rings. The fraction of sp³-hybridized carbons (Fsp3) is 0.800. The van der Waals surface area contributed by atoms with Crippen molar-refractivity contribution in [1.29, 1.82) is 0 Å². The van der Waals surface area contributed by atoms with Crippen LogP contribution in [0.4, 0.5) is 0 Å². The molecule has 0 heterocycles. The van der Waals surface area contributed by atoms with Crippen molar-refractivity contribution in [3.63, 3.8) is 0 Å². The standard InChI is InChI=1S/C15H24N2O4/c1-3-9-6-11(12(7-9)15(20)21)14(19)17(2)8-13(18)16-10-4-5-10/h9-12H,3-8H2,1-2H3,(H,16,18)(H,20,21)/t9?,11-,12+/m0/s1. The van der Waals surface area contributed by atoms with Crippen molar-refractivity contribution in [1.82, 2.24) is 10.2 Å². The normalized spacial score (nSPS) is 28.2. The van der Waals surface area contributed by atoms with Crippen molar-refractivity contribution in [2.75, 3.05) is 13.6 Å². The van der Waals surface area contributed by atoms with Crippen molar-refractivity contribution >= 4 is 17.8 Å². The van der Waals surface area contributed by atoms with Crippen LogP contribution in [0, 0.1) is 17.8 Å². The average Bonchev–Trinajstić information content (AvgIpc) is 3.12. The van der Waals surface area contributed by atoms with Gasteiger partial charge in [0.15, 0.2) is 0 Å². The van der Waals surface area contributed by atoms with E-state index in [1.54, 1.807) is 7.05 Å². The van der Waals surface area contributed by atoms with E-state index in [9.17, 15) is 19.5 Å². The zero-order chi connectivity index (χ0) is 15.6. The molecule has 0 radical (unpaired) electrons. The van der Waals surface area contributed by atoms with Crippen LogP contribution in [-0.2, 0) is 14.4 Å². The highest BCUT2D eigenvalue weighted by atomic mass is 16.4. The maximum atomic E-state index is 12.4. The molecule has 0 aromatic heterocycles. The SMILES string of the molecule is CCC1C[C@H](C(=O)N(C)CC(=O)NC2CC2)[C@H](C(=O)O)C1. The summed E-state index contributed by atoms with van der Waals surface area (Å²) in [7, 11) is 1.58. The van der Waals surface area contributed by atoms with E-state index in [0.29, 0.717) is 12.8 Å². The molecule has 0 bridgehead atoms. The van der Waals surface area contributed by atoms with Gasteiger partial charge in [0, 0.05) is 13.1 Å². The lowest BCUT2D eigenvalue weighted by Crippen LogP contribution is -2.43. The summed E-state index contributed by atoms with van der Waals surface area (Å²) in [5.41, 5.74) is 0. The summed E-state index contributed by atoms with van der Waals surface area (Å²) in [6.07, 6.45) is 4.07. The maximum Gasteiger partial charge on any atom is 0.307 e. The zero-order valence-corrected chi connectivity index (χ0v) is 12.7. The quantitative estimate of drug-likeness (QED) is 0.761. The molecule has 2 N–H and O–H groups in total. The van der Waals surface area contributed by atoms with Crippen LogP contribution in [0.15, 0.2) is 0 Å². The monoisotopic (exact) mass is 296 g/mol. The van der Waals surface area contributed by atoms with Crippen LogP contribution < -0.4 is 5.32 Å². The van der Waals surface area contributed by atoms with Crippen LogP contribution in [0.2, 0.25) is 0 Å². The van der Waals surface area contributed by atoms with Crippen molar-refractivity contribution in [3.8, 4) is 0 Å². The second-order valence-corrected chi connectivity index (χ2v) is 6.33. The number of carboxylic acid groups (broad SMARTS) is 1. The molecule has 2 saturated carbocycles. The van der Waals surface area contributed by atoms with Gasteiger partial charge in [-0.05, 0) is 31.6 Å². The Hall–Kier alpha value is -1.59. The second-order valence-electron chi connectivity index (χ2n) is 6.33. The highest BCUT2D eigenvalue weighted by Gasteiger charge is 2.43. The van der Waals surface area contributed by atoms with Gasteiger partial charge in [-0.25, -0.2) is 0 Å². The predicted molar refractivity (Wildman–Crippen MR) is 76.4 cm³/mol. The molecule has 0 aromatic rings. The average molecular weight is 296 g/mol. The molecule has 2 rings (SSSR count). The highest BCUT2D eigenvalue weighted by molar-refractivity contribution is 5.89. The second kappa shape index (κ2) is 6.45. The Morgan fingerprint density at radius 3 is 2.33 bits per heavy atom. The summed E-state index contributed by atoms with van der Waals surface area (Å²) in [4.78, 5) is 36.9.